The first kappa shape index (κ1) is 52.6. The van der Waals surface area contributed by atoms with Gasteiger partial charge in [-0.2, -0.15) is 0 Å². The first-order chi connectivity index (χ1) is 26.6. The Morgan fingerprint density at radius 1 is 0.545 bits per heavy atom. The molecule has 0 aliphatic heterocycles. The van der Waals surface area contributed by atoms with E-state index in [2.05, 4.69) is 50.3 Å². The lowest BCUT2D eigenvalue weighted by Crippen LogP contribution is -2.55. The number of quaternary nitrogens is 1. The van der Waals surface area contributed by atoms with Crippen LogP contribution in [0.3, 0.4) is 0 Å². The van der Waals surface area contributed by atoms with Gasteiger partial charge < -0.3 is 28.6 Å². The fourth-order valence-corrected chi connectivity index (χ4v) is 6.47. The molecule has 0 N–H and O–H groups in total. The Balaban J connectivity index is 4.31. The standard InChI is InChI=1S/C47H85NO7/c1-6-8-10-12-14-16-18-20-21-22-23-24-25-26-28-30-32-34-36-38-46(50)55-43(41-53-40-39-44(47(51)52)48(3,4)5)42-54-45(49)37-35-33-31-29-27-19-17-15-13-11-9-7-2/h14-18,20,43-44H,6-13,19,21-42H2,1-5H3/b16-14+,17-15+,20-18+. The number of aliphatic carboxylic acids is 1. The fraction of sp³-hybridized carbons (Fsp3) is 0.809. The quantitative estimate of drug-likeness (QED) is 0.0201. The molecular formula is C47H85NO7. The van der Waals surface area contributed by atoms with Gasteiger partial charge in [0.15, 0.2) is 6.10 Å². The lowest BCUT2D eigenvalue weighted by Gasteiger charge is -2.34. The van der Waals surface area contributed by atoms with Crippen molar-refractivity contribution in [3.05, 3.63) is 36.5 Å². The monoisotopic (exact) mass is 776 g/mol. The molecule has 8 heteroatoms. The van der Waals surface area contributed by atoms with Gasteiger partial charge >= 0.3 is 11.9 Å². The average molecular weight is 776 g/mol. The Morgan fingerprint density at radius 2 is 0.964 bits per heavy atom. The molecule has 0 amide bonds. The molecule has 55 heavy (non-hydrogen) atoms. The Morgan fingerprint density at radius 3 is 1.42 bits per heavy atom. The second-order valence-electron chi connectivity index (χ2n) is 16.3. The first-order valence-corrected chi connectivity index (χ1v) is 22.5. The lowest BCUT2D eigenvalue weighted by atomic mass is 10.1. The van der Waals surface area contributed by atoms with Gasteiger partial charge in [0, 0.05) is 19.3 Å². The average Bonchev–Trinajstić information content (AvgIpc) is 3.14. The van der Waals surface area contributed by atoms with Crippen molar-refractivity contribution in [2.45, 2.75) is 206 Å². The zero-order valence-electron chi connectivity index (χ0n) is 36.3. The molecular weight excluding hydrogens is 691 g/mol. The van der Waals surface area contributed by atoms with Gasteiger partial charge in [-0.05, 0) is 64.2 Å². The van der Waals surface area contributed by atoms with E-state index in [9.17, 15) is 19.5 Å². The van der Waals surface area contributed by atoms with Crippen LogP contribution in [0, 0.1) is 0 Å². The van der Waals surface area contributed by atoms with Crippen LogP contribution in [0.1, 0.15) is 194 Å². The van der Waals surface area contributed by atoms with E-state index in [1.165, 1.54) is 109 Å². The Hall–Kier alpha value is -2.45. The van der Waals surface area contributed by atoms with Crippen molar-refractivity contribution in [1.29, 1.82) is 0 Å². The number of rotatable bonds is 40. The highest BCUT2D eigenvalue weighted by Crippen LogP contribution is 2.14. The summed E-state index contributed by atoms with van der Waals surface area (Å²) in [5.41, 5.74) is 0. The van der Waals surface area contributed by atoms with Gasteiger partial charge in [0.25, 0.3) is 0 Å². The SMILES string of the molecule is CCCCC/C=C/C=C/CCCCCCCCCCCCC(=O)OC(COCCC(C(=O)[O-])[N+](C)(C)C)COC(=O)CCCCCCC/C=C/CCCCC. The summed E-state index contributed by atoms with van der Waals surface area (Å²) in [6.07, 6.45) is 43.0. The smallest absolute Gasteiger partial charge is 0.306 e. The molecule has 0 bridgehead atoms. The molecule has 0 fully saturated rings. The molecule has 320 valence electrons. The summed E-state index contributed by atoms with van der Waals surface area (Å²) in [5.74, 6) is -1.75. The van der Waals surface area contributed by atoms with Gasteiger partial charge in [-0.25, -0.2) is 0 Å². The molecule has 0 rings (SSSR count). The largest absolute Gasteiger partial charge is 0.544 e. The minimum absolute atomic E-state index is 0.0379. The molecule has 0 aromatic heterocycles. The summed E-state index contributed by atoms with van der Waals surface area (Å²) in [6, 6.07) is -0.726. The maximum absolute atomic E-state index is 12.7. The number of hydrogen-bond donors (Lipinski definition) is 0. The lowest BCUT2D eigenvalue weighted by molar-refractivity contribution is -0.889. The number of esters is 2. The third kappa shape index (κ3) is 36.9. The third-order valence-corrected chi connectivity index (χ3v) is 10.0. The van der Waals surface area contributed by atoms with Gasteiger partial charge in [-0.15, -0.1) is 0 Å². The molecule has 0 aliphatic carbocycles. The predicted octanol–water partition coefficient (Wildman–Crippen LogP) is 10.9. The zero-order chi connectivity index (χ0) is 40.7. The zero-order valence-corrected chi connectivity index (χ0v) is 36.3. The number of carboxylic acid groups (broad SMARTS) is 1. The van der Waals surface area contributed by atoms with E-state index in [-0.39, 0.29) is 42.7 Å². The summed E-state index contributed by atoms with van der Waals surface area (Å²) in [6.45, 7) is 4.60. The fourth-order valence-electron chi connectivity index (χ4n) is 6.47. The number of likely N-dealkylation sites (N-methyl/N-ethyl adjacent to an activating group) is 1. The molecule has 8 nitrogen and oxygen atoms in total. The van der Waals surface area contributed by atoms with Crippen LogP contribution in [0.2, 0.25) is 0 Å². The minimum atomic E-state index is -1.13. The number of ether oxygens (including phenoxy) is 3. The van der Waals surface area contributed by atoms with E-state index in [1.54, 1.807) is 21.1 Å². The minimum Gasteiger partial charge on any atom is -0.544 e. The van der Waals surface area contributed by atoms with Crippen molar-refractivity contribution in [3.63, 3.8) is 0 Å². The molecule has 0 aromatic rings. The van der Waals surface area contributed by atoms with Crippen molar-refractivity contribution in [2.24, 2.45) is 0 Å². The molecule has 0 heterocycles. The van der Waals surface area contributed by atoms with Crippen LogP contribution in [0.15, 0.2) is 36.5 Å². The molecule has 0 aliphatic rings. The van der Waals surface area contributed by atoms with Crippen LogP contribution in [-0.2, 0) is 28.6 Å². The topological polar surface area (TPSA) is 102 Å². The van der Waals surface area contributed by atoms with E-state index in [0.717, 1.165) is 51.4 Å². The predicted molar refractivity (Wildman–Crippen MR) is 227 cm³/mol. The number of nitrogens with zero attached hydrogens (tertiary/aromatic N) is 1. The molecule has 0 radical (unpaired) electrons. The third-order valence-electron chi connectivity index (χ3n) is 10.0. The van der Waals surface area contributed by atoms with Gasteiger partial charge in [0.2, 0.25) is 0 Å². The van der Waals surface area contributed by atoms with E-state index < -0.39 is 18.1 Å². The molecule has 0 saturated carbocycles. The van der Waals surface area contributed by atoms with Crippen molar-refractivity contribution in [1.82, 2.24) is 0 Å². The van der Waals surface area contributed by atoms with Crippen LogP contribution in [0.25, 0.3) is 0 Å². The highest BCUT2D eigenvalue weighted by molar-refractivity contribution is 5.70. The summed E-state index contributed by atoms with van der Waals surface area (Å²) >= 11 is 0. The van der Waals surface area contributed by atoms with E-state index in [1.807, 2.05) is 0 Å². The number of carboxylic acids is 1. The van der Waals surface area contributed by atoms with Crippen molar-refractivity contribution >= 4 is 17.9 Å². The summed E-state index contributed by atoms with van der Waals surface area (Å²) in [5, 5.41) is 11.6. The second kappa shape index (κ2) is 38.4. The number of carbonyl (C=O) groups is 3. The summed E-state index contributed by atoms with van der Waals surface area (Å²) < 4.78 is 17.2. The van der Waals surface area contributed by atoms with Crippen LogP contribution in [0.5, 0.6) is 0 Å². The Kier molecular flexibility index (Phi) is 36.7. The van der Waals surface area contributed by atoms with Crippen LogP contribution < -0.4 is 5.11 Å². The maximum Gasteiger partial charge on any atom is 0.306 e. The molecule has 2 unspecified atom stereocenters. The molecule has 0 saturated heterocycles. The van der Waals surface area contributed by atoms with Crippen LogP contribution >= 0.6 is 0 Å². The van der Waals surface area contributed by atoms with Gasteiger partial charge in [0.1, 0.15) is 12.6 Å². The van der Waals surface area contributed by atoms with E-state index >= 15 is 0 Å². The van der Waals surface area contributed by atoms with Crippen molar-refractivity contribution < 1.29 is 38.2 Å². The molecule has 2 atom stereocenters. The van der Waals surface area contributed by atoms with Crippen molar-refractivity contribution in [2.75, 3.05) is 41.0 Å². The van der Waals surface area contributed by atoms with Gasteiger partial charge in [-0.1, -0.05) is 147 Å². The van der Waals surface area contributed by atoms with E-state index in [0.29, 0.717) is 12.8 Å². The normalized spacial score (nSPS) is 13.3. The maximum atomic E-state index is 12.7. The van der Waals surface area contributed by atoms with Crippen molar-refractivity contribution in [3.8, 4) is 0 Å². The Labute approximate surface area is 338 Å². The number of carbonyl (C=O) groups excluding carboxylic acids is 3. The Bertz CT molecular complexity index is 1000. The van der Waals surface area contributed by atoms with Gasteiger partial charge in [0.05, 0.1) is 40.3 Å². The first-order valence-electron chi connectivity index (χ1n) is 22.5. The highest BCUT2D eigenvalue weighted by atomic mass is 16.6. The van der Waals surface area contributed by atoms with Crippen LogP contribution in [0.4, 0.5) is 0 Å². The highest BCUT2D eigenvalue weighted by Gasteiger charge is 2.25. The number of hydrogen-bond acceptors (Lipinski definition) is 7. The van der Waals surface area contributed by atoms with Gasteiger partial charge in [-0.3, -0.25) is 9.59 Å². The summed E-state index contributed by atoms with van der Waals surface area (Å²) in [4.78, 5) is 36.8. The number of allylic oxidation sites excluding steroid dienone is 6. The molecule has 0 spiro atoms. The molecule has 0 aromatic carbocycles. The number of unbranched alkanes of at least 4 members (excludes halogenated alkanes) is 21. The van der Waals surface area contributed by atoms with Crippen LogP contribution in [-0.4, -0.2) is 75.5 Å². The summed E-state index contributed by atoms with van der Waals surface area (Å²) in [7, 11) is 5.40. The van der Waals surface area contributed by atoms with E-state index in [4.69, 9.17) is 14.2 Å². The second-order valence-corrected chi connectivity index (χ2v) is 16.3.